The van der Waals surface area contributed by atoms with Gasteiger partial charge in [-0.3, -0.25) is 14.9 Å². The summed E-state index contributed by atoms with van der Waals surface area (Å²) in [7, 11) is 0. The monoisotopic (exact) mass is 291 g/mol. The maximum Gasteiger partial charge on any atom is 0.283 e. The molecule has 0 N–H and O–H groups in total. The van der Waals surface area contributed by atoms with Gasteiger partial charge in [-0.15, -0.1) is 0 Å². The van der Waals surface area contributed by atoms with Crippen LogP contribution < -0.4 is 0 Å². The molecule has 0 aliphatic heterocycles. The van der Waals surface area contributed by atoms with Gasteiger partial charge in [-0.1, -0.05) is 24.3 Å². The molecule has 0 aliphatic carbocycles. The molecule has 2 aromatic rings. The van der Waals surface area contributed by atoms with Crippen LogP contribution >= 0.6 is 0 Å². The quantitative estimate of drug-likeness (QED) is 0.491. The van der Waals surface area contributed by atoms with Crippen LogP contribution in [0.15, 0.2) is 36.4 Å². The number of carbonyl (C=O) groups is 1. The third-order valence-corrected chi connectivity index (χ3v) is 3.15. The maximum atomic E-state index is 13.3. The minimum Gasteiger partial charge on any atom is -0.294 e. The zero-order valence-corrected chi connectivity index (χ0v) is 11.1. The largest absolute Gasteiger partial charge is 0.294 e. The van der Waals surface area contributed by atoms with E-state index in [9.17, 15) is 23.7 Å². The van der Waals surface area contributed by atoms with Gasteiger partial charge in [0.05, 0.1) is 16.6 Å². The summed E-state index contributed by atoms with van der Waals surface area (Å²) in [5.74, 6) is -3.27. The Morgan fingerprint density at radius 1 is 1.19 bits per heavy atom. The van der Waals surface area contributed by atoms with Crippen molar-refractivity contribution in [2.24, 2.45) is 0 Å². The first-order valence-electron chi connectivity index (χ1n) is 6.11. The lowest BCUT2D eigenvalue weighted by Crippen LogP contribution is -2.09. The SMILES string of the molecule is Cc1ccccc1CC(=O)c1cc(F)c(F)cc1[N+](=O)[O-]. The Hall–Kier alpha value is -2.63. The van der Waals surface area contributed by atoms with Gasteiger partial charge < -0.3 is 0 Å². The topological polar surface area (TPSA) is 60.2 Å². The van der Waals surface area contributed by atoms with E-state index >= 15 is 0 Å². The van der Waals surface area contributed by atoms with Crippen molar-refractivity contribution in [3.05, 3.63) is 74.8 Å². The molecule has 0 spiro atoms. The highest BCUT2D eigenvalue weighted by atomic mass is 19.2. The van der Waals surface area contributed by atoms with E-state index in [0.717, 1.165) is 5.56 Å². The van der Waals surface area contributed by atoms with Gasteiger partial charge in [0, 0.05) is 6.42 Å². The molecule has 0 unspecified atom stereocenters. The summed E-state index contributed by atoms with van der Waals surface area (Å²) >= 11 is 0. The third kappa shape index (κ3) is 3.10. The molecule has 6 heteroatoms. The zero-order chi connectivity index (χ0) is 15.6. The van der Waals surface area contributed by atoms with E-state index in [2.05, 4.69) is 0 Å². The van der Waals surface area contributed by atoms with Gasteiger partial charge in [-0.25, -0.2) is 8.78 Å². The van der Waals surface area contributed by atoms with Crippen molar-refractivity contribution >= 4 is 11.5 Å². The summed E-state index contributed by atoms with van der Waals surface area (Å²) in [6.07, 6.45) is -0.113. The number of carbonyl (C=O) groups excluding carboxylic acids is 1. The van der Waals surface area contributed by atoms with E-state index in [1.54, 1.807) is 31.2 Å². The van der Waals surface area contributed by atoms with Crippen LogP contribution in [0.5, 0.6) is 0 Å². The lowest BCUT2D eigenvalue weighted by atomic mass is 9.98. The molecule has 0 bridgehead atoms. The number of nitrogens with zero attached hydrogens (tertiary/aromatic N) is 1. The van der Waals surface area contributed by atoms with Crippen LogP contribution in [0, 0.1) is 28.7 Å². The Balaban J connectivity index is 2.42. The molecule has 4 nitrogen and oxygen atoms in total. The van der Waals surface area contributed by atoms with Gasteiger partial charge in [-0.2, -0.15) is 0 Å². The fourth-order valence-corrected chi connectivity index (χ4v) is 1.99. The number of halogens is 2. The molecule has 0 amide bonds. The van der Waals surface area contributed by atoms with E-state index in [-0.39, 0.29) is 6.42 Å². The molecule has 0 aliphatic rings. The van der Waals surface area contributed by atoms with Gasteiger partial charge in [0.1, 0.15) is 0 Å². The molecule has 108 valence electrons. The molecule has 21 heavy (non-hydrogen) atoms. The lowest BCUT2D eigenvalue weighted by Gasteiger charge is -2.06. The van der Waals surface area contributed by atoms with E-state index in [0.29, 0.717) is 17.7 Å². The molecule has 0 saturated carbocycles. The van der Waals surface area contributed by atoms with Gasteiger partial charge in [0.25, 0.3) is 5.69 Å². The van der Waals surface area contributed by atoms with Crippen molar-refractivity contribution < 1.29 is 18.5 Å². The fourth-order valence-electron chi connectivity index (χ4n) is 1.99. The van der Waals surface area contributed by atoms with Crippen molar-refractivity contribution in [2.45, 2.75) is 13.3 Å². The first kappa shape index (κ1) is 14.8. The Morgan fingerprint density at radius 3 is 2.43 bits per heavy atom. The Morgan fingerprint density at radius 2 is 1.81 bits per heavy atom. The third-order valence-electron chi connectivity index (χ3n) is 3.15. The summed E-state index contributed by atoms with van der Waals surface area (Å²) < 4.78 is 26.3. The number of nitro groups is 1. The van der Waals surface area contributed by atoms with Crippen molar-refractivity contribution in [3.63, 3.8) is 0 Å². The predicted molar refractivity (Wildman–Crippen MR) is 72.2 cm³/mol. The van der Waals surface area contributed by atoms with Crippen LogP contribution in [0.1, 0.15) is 21.5 Å². The second-order valence-electron chi connectivity index (χ2n) is 4.57. The minimum absolute atomic E-state index is 0.113. The average Bonchev–Trinajstić information content (AvgIpc) is 2.43. The second kappa shape index (κ2) is 5.78. The summed E-state index contributed by atoms with van der Waals surface area (Å²) in [6, 6.07) is 8.04. The smallest absolute Gasteiger partial charge is 0.283 e. The molecule has 0 saturated heterocycles. The number of ketones is 1. The van der Waals surface area contributed by atoms with Gasteiger partial charge >= 0.3 is 0 Å². The highest BCUT2D eigenvalue weighted by molar-refractivity contribution is 6.01. The normalized spacial score (nSPS) is 10.4. The van der Waals surface area contributed by atoms with Gasteiger partial charge in [0.15, 0.2) is 17.4 Å². The number of hydrogen-bond acceptors (Lipinski definition) is 3. The molecular formula is C15H11F2NO3. The van der Waals surface area contributed by atoms with Crippen LogP contribution in [0.2, 0.25) is 0 Å². The zero-order valence-electron chi connectivity index (χ0n) is 11.1. The highest BCUT2D eigenvalue weighted by Gasteiger charge is 2.24. The average molecular weight is 291 g/mol. The number of nitro benzene ring substituents is 1. The first-order chi connectivity index (χ1) is 9.90. The maximum absolute atomic E-state index is 13.3. The highest BCUT2D eigenvalue weighted by Crippen LogP contribution is 2.24. The number of Topliss-reactive ketones (excluding diaryl/α,β-unsaturated/α-hetero) is 1. The van der Waals surface area contributed by atoms with Crippen molar-refractivity contribution in [1.29, 1.82) is 0 Å². The molecule has 0 atom stereocenters. The van der Waals surface area contributed by atoms with Crippen LogP contribution in [0.3, 0.4) is 0 Å². The Labute approximate surface area is 119 Å². The summed E-state index contributed by atoms with van der Waals surface area (Å²) in [5, 5.41) is 10.9. The Kier molecular flexibility index (Phi) is 4.07. The molecule has 0 heterocycles. The van der Waals surface area contributed by atoms with Crippen LogP contribution in [0.4, 0.5) is 14.5 Å². The lowest BCUT2D eigenvalue weighted by molar-refractivity contribution is -0.385. The van der Waals surface area contributed by atoms with Gasteiger partial charge in [-0.05, 0) is 24.1 Å². The molecule has 2 rings (SSSR count). The second-order valence-corrected chi connectivity index (χ2v) is 4.57. The summed E-state index contributed by atoms with van der Waals surface area (Å²) in [4.78, 5) is 22.1. The summed E-state index contributed by atoms with van der Waals surface area (Å²) in [5.41, 5.74) is 0.368. The van der Waals surface area contributed by atoms with E-state index in [4.69, 9.17) is 0 Å². The summed E-state index contributed by atoms with van der Waals surface area (Å²) in [6.45, 7) is 1.79. The van der Waals surface area contributed by atoms with Crippen molar-refractivity contribution in [2.75, 3.05) is 0 Å². The van der Waals surface area contributed by atoms with Crippen LogP contribution in [-0.4, -0.2) is 10.7 Å². The Bertz CT molecular complexity index is 729. The first-order valence-corrected chi connectivity index (χ1v) is 6.11. The molecule has 0 radical (unpaired) electrons. The van der Waals surface area contributed by atoms with Crippen LogP contribution in [0.25, 0.3) is 0 Å². The van der Waals surface area contributed by atoms with E-state index in [1.807, 2.05) is 0 Å². The minimum atomic E-state index is -1.35. The number of aryl methyl sites for hydroxylation is 1. The standard InChI is InChI=1S/C15H11F2NO3/c1-9-4-2-3-5-10(9)6-15(19)11-7-12(16)13(17)8-14(11)18(20)21/h2-5,7-8H,6H2,1H3. The fraction of sp³-hybridized carbons (Fsp3) is 0.133. The number of rotatable bonds is 4. The van der Waals surface area contributed by atoms with Crippen molar-refractivity contribution in [1.82, 2.24) is 0 Å². The molecule has 0 fully saturated rings. The van der Waals surface area contributed by atoms with Crippen LogP contribution in [-0.2, 0) is 6.42 Å². The molecular weight excluding hydrogens is 280 g/mol. The molecule has 0 aromatic heterocycles. The predicted octanol–water partition coefficient (Wildman–Crippen LogP) is 3.61. The molecule has 2 aromatic carbocycles. The number of benzene rings is 2. The number of hydrogen-bond donors (Lipinski definition) is 0. The van der Waals surface area contributed by atoms with E-state index in [1.165, 1.54) is 0 Å². The van der Waals surface area contributed by atoms with E-state index < -0.39 is 33.6 Å². The van der Waals surface area contributed by atoms with Gasteiger partial charge in [0.2, 0.25) is 0 Å². The van der Waals surface area contributed by atoms with Crippen molar-refractivity contribution in [3.8, 4) is 0 Å².